The fourth-order valence-corrected chi connectivity index (χ4v) is 2.71. The summed E-state index contributed by atoms with van der Waals surface area (Å²) in [6, 6.07) is -0.787. The highest BCUT2D eigenvalue weighted by atomic mass is 16.4. The van der Waals surface area contributed by atoms with E-state index in [2.05, 4.69) is 0 Å². The molecule has 20 heavy (non-hydrogen) atoms. The monoisotopic (exact) mass is 284 g/mol. The Labute approximate surface area is 121 Å². The van der Waals surface area contributed by atoms with E-state index in [9.17, 15) is 14.7 Å². The summed E-state index contributed by atoms with van der Waals surface area (Å²) in [5.74, 6) is -1.11. The van der Waals surface area contributed by atoms with Crippen molar-refractivity contribution >= 4 is 11.9 Å². The van der Waals surface area contributed by atoms with Crippen LogP contribution in [0.5, 0.6) is 0 Å². The fraction of sp³-hybridized carbons (Fsp3) is 0.867. The summed E-state index contributed by atoms with van der Waals surface area (Å²) >= 11 is 0. The highest BCUT2D eigenvalue weighted by Gasteiger charge is 2.50. The van der Waals surface area contributed by atoms with Gasteiger partial charge in [0.15, 0.2) is 0 Å². The number of piperidine rings is 1. The zero-order valence-electron chi connectivity index (χ0n) is 13.5. The molecule has 3 N–H and O–H groups in total. The number of carbonyl (C=O) groups is 2. The predicted octanol–water partition coefficient (Wildman–Crippen LogP) is 1.85. The van der Waals surface area contributed by atoms with Gasteiger partial charge >= 0.3 is 5.97 Å². The van der Waals surface area contributed by atoms with Gasteiger partial charge in [0, 0.05) is 12.1 Å². The lowest BCUT2D eigenvalue weighted by atomic mass is 9.71. The van der Waals surface area contributed by atoms with E-state index in [0.29, 0.717) is 6.54 Å². The molecule has 0 aromatic carbocycles. The molecule has 1 heterocycles. The Morgan fingerprint density at radius 1 is 1.25 bits per heavy atom. The molecule has 116 valence electrons. The summed E-state index contributed by atoms with van der Waals surface area (Å²) in [5.41, 5.74) is 4.17. The number of amides is 1. The SMILES string of the molecule is CC1(C)CCCN(C(=O)C(C)(C)C(C)(C)N)C1C(=O)O. The van der Waals surface area contributed by atoms with Crippen LogP contribution in [0.25, 0.3) is 0 Å². The molecule has 0 radical (unpaired) electrons. The van der Waals surface area contributed by atoms with Gasteiger partial charge in [0.1, 0.15) is 6.04 Å². The summed E-state index contributed by atoms with van der Waals surface area (Å²) in [7, 11) is 0. The number of hydrogen-bond donors (Lipinski definition) is 2. The lowest BCUT2D eigenvalue weighted by molar-refractivity contribution is -0.165. The van der Waals surface area contributed by atoms with E-state index >= 15 is 0 Å². The maximum Gasteiger partial charge on any atom is 0.326 e. The van der Waals surface area contributed by atoms with Crippen LogP contribution < -0.4 is 5.73 Å². The Kier molecular flexibility index (Phi) is 4.26. The number of carbonyl (C=O) groups excluding carboxylic acids is 1. The molecule has 1 atom stereocenters. The zero-order chi connectivity index (χ0) is 15.9. The molecular weight excluding hydrogens is 256 g/mol. The number of aliphatic carboxylic acids is 1. The lowest BCUT2D eigenvalue weighted by Gasteiger charge is -2.48. The molecule has 0 aliphatic carbocycles. The van der Waals surface area contributed by atoms with Gasteiger partial charge in [0.25, 0.3) is 0 Å². The molecule has 0 saturated carbocycles. The van der Waals surface area contributed by atoms with Crippen molar-refractivity contribution in [3.8, 4) is 0 Å². The van der Waals surface area contributed by atoms with E-state index in [0.717, 1.165) is 12.8 Å². The van der Waals surface area contributed by atoms with Crippen molar-refractivity contribution in [2.45, 2.75) is 66.0 Å². The summed E-state index contributed by atoms with van der Waals surface area (Å²) in [5, 5.41) is 9.54. The smallest absolute Gasteiger partial charge is 0.326 e. The maximum atomic E-state index is 12.9. The molecule has 1 amide bonds. The van der Waals surface area contributed by atoms with Crippen LogP contribution in [0.15, 0.2) is 0 Å². The lowest BCUT2D eigenvalue weighted by Crippen LogP contribution is -2.63. The van der Waals surface area contributed by atoms with Crippen LogP contribution in [0, 0.1) is 10.8 Å². The average Bonchev–Trinajstić information content (AvgIpc) is 2.23. The second-order valence-corrected chi connectivity index (χ2v) is 7.68. The molecule has 0 aromatic rings. The van der Waals surface area contributed by atoms with E-state index in [-0.39, 0.29) is 5.91 Å². The molecule has 1 aliphatic rings. The molecule has 1 unspecified atom stereocenters. The van der Waals surface area contributed by atoms with Crippen molar-refractivity contribution in [3.05, 3.63) is 0 Å². The first-order valence-electron chi connectivity index (χ1n) is 7.15. The molecule has 0 spiro atoms. The number of rotatable bonds is 3. The van der Waals surface area contributed by atoms with Gasteiger partial charge in [-0.3, -0.25) is 4.79 Å². The molecule has 0 bridgehead atoms. The van der Waals surface area contributed by atoms with Gasteiger partial charge in [-0.25, -0.2) is 4.79 Å². The third kappa shape index (κ3) is 2.82. The van der Waals surface area contributed by atoms with Crippen LogP contribution in [0.4, 0.5) is 0 Å². The Hall–Kier alpha value is -1.10. The van der Waals surface area contributed by atoms with Crippen LogP contribution in [0.3, 0.4) is 0 Å². The Morgan fingerprint density at radius 2 is 1.75 bits per heavy atom. The minimum Gasteiger partial charge on any atom is -0.480 e. The van der Waals surface area contributed by atoms with Crippen LogP contribution >= 0.6 is 0 Å². The maximum absolute atomic E-state index is 12.9. The van der Waals surface area contributed by atoms with Crippen LogP contribution in [0.1, 0.15) is 54.4 Å². The molecule has 1 rings (SSSR count). The van der Waals surface area contributed by atoms with Crippen LogP contribution in [-0.4, -0.2) is 40.0 Å². The predicted molar refractivity (Wildman–Crippen MR) is 78.2 cm³/mol. The minimum absolute atomic E-state index is 0.176. The topological polar surface area (TPSA) is 83.6 Å². The highest BCUT2D eigenvalue weighted by Crippen LogP contribution is 2.39. The van der Waals surface area contributed by atoms with Crippen molar-refractivity contribution in [1.29, 1.82) is 0 Å². The molecule has 5 heteroatoms. The third-order valence-corrected chi connectivity index (χ3v) is 4.91. The number of likely N-dealkylation sites (tertiary alicyclic amines) is 1. The Morgan fingerprint density at radius 3 is 2.15 bits per heavy atom. The number of carboxylic acids is 1. The minimum atomic E-state index is -0.936. The van der Waals surface area contributed by atoms with Gasteiger partial charge in [-0.05, 0) is 46.0 Å². The third-order valence-electron chi connectivity index (χ3n) is 4.91. The van der Waals surface area contributed by atoms with Crippen molar-refractivity contribution in [1.82, 2.24) is 4.90 Å². The van der Waals surface area contributed by atoms with E-state index in [1.165, 1.54) is 4.90 Å². The van der Waals surface area contributed by atoms with Crippen LogP contribution in [-0.2, 0) is 9.59 Å². The first kappa shape index (κ1) is 17.0. The van der Waals surface area contributed by atoms with Gasteiger partial charge in [-0.1, -0.05) is 13.8 Å². The molecule has 1 aliphatic heterocycles. The van der Waals surface area contributed by atoms with Crippen molar-refractivity contribution in [2.24, 2.45) is 16.6 Å². The quantitative estimate of drug-likeness (QED) is 0.828. The first-order chi connectivity index (χ1) is 8.82. The summed E-state index contributed by atoms with van der Waals surface area (Å²) in [4.78, 5) is 26.0. The van der Waals surface area contributed by atoms with Gasteiger partial charge < -0.3 is 15.7 Å². The second-order valence-electron chi connectivity index (χ2n) is 7.68. The van der Waals surface area contributed by atoms with E-state index in [4.69, 9.17) is 5.73 Å². The van der Waals surface area contributed by atoms with E-state index in [1.807, 2.05) is 13.8 Å². The molecule has 1 fully saturated rings. The summed E-state index contributed by atoms with van der Waals surface area (Å²) in [6.07, 6.45) is 1.63. The number of hydrogen-bond acceptors (Lipinski definition) is 3. The Bertz CT molecular complexity index is 408. The second kappa shape index (κ2) is 5.02. The summed E-state index contributed by atoms with van der Waals surface area (Å²) in [6.45, 7) is 11.5. The zero-order valence-corrected chi connectivity index (χ0v) is 13.5. The van der Waals surface area contributed by atoms with E-state index in [1.54, 1.807) is 27.7 Å². The summed E-state index contributed by atoms with van der Waals surface area (Å²) < 4.78 is 0. The van der Waals surface area contributed by atoms with Gasteiger partial charge in [0.05, 0.1) is 5.41 Å². The average molecular weight is 284 g/mol. The Balaban J connectivity index is 3.16. The van der Waals surface area contributed by atoms with E-state index < -0.39 is 28.4 Å². The fourth-order valence-electron chi connectivity index (χ4n) is 2.71. The van der Waals surface area contributed by atoms with Crippen LogP contribution in [0.2, 0.25) is 0 Å². The molecule has 1 saturated heterocycles. The highest BCUT2D eigenvalue weighted by molar-refractivity contribution is 5.88. The van der Waals surface area contributed by atoms with Crippen molar-refractivity contribution in [2.75, 3.05) is 6.54 Å². The van der Waals surface area contributed by atoms with Gasteiger partial charge in [0.2, 0.25) is 5.91 Å². The van der Waals surface area contributed by atoms with Crippen molar-refractivity contribution < 1.29 is 14.7 Å². The standard InChI is InChI=1S/C15H28N2O3/c1-13(2)8-7-9-17(10(13)11(18)19)12(20)14(3,4)15(5,6)16/h10H,7-9,16H2,1-6H3,(H,18,19). The molecular formula is C15H28N2O3. The van der Waals surface area contributed by atoms with Gasteiger partial charge in [-0.2, -0.15) is 0 Å². The number of nitrogens with two attached hydrogens (primary N) is 1. The first-order valence-corrected chi connectivity index (χ1v) is 7.15. The normalized spacial score (nSPS) is 23.6. The number of carboxylic acid groups (broad SMARTS) is 1. The van der Waals surface area contributed by atoms with Crippen molar-refractivity contribution in [3.63, 3.8) is 0 Å². The molecule has 5 nitrogen and oxygen atoms in total. The molecule has 0 aromatic heterocycles. The number of nitrogens with zero attached hydrogens (tertiary/aromatic N) is 1. The van der Waals surface area contributed by atoms with Gasteiger partial charge in [-0.15, -0.1) is 0 Å². The largest absolute Gasteiger partial charge is 0.480 e.